The zero-order valence-electron chi connectivity index (χ0n) is 20.6. The predicted octanol–water partition coefficient (Wildman–Crippen LogP) is 3.94. The van der Waals surface area contributed by atoms with Crippen LogP contribution in [-0.4, -0.2) is 65.5 Å². The van der Waals surface area contributed by atoms with Crippen molar-refractivity contribution in [2.24, 2.45) is 5.41 Å². The first-order valence-corrected chi connectivity index (χ1v) is 11.7. The standard InChI is InChI=1S/C25H37NO7/c1-17(18-7-9-19(10-8-18)29-11-20-12-30-20)33-26-22(2,3)13-25(14-23(26,4)5)31-15-24(6,16-32-25)21(27)28/h7-10,17,20H,11-16H2,1-6H3,(H,27,28). The third-order valence-electron chi connectivity index (χ3n) is 6.78. The lowest BCUT2D eigenvalue weighted by Gasteiger charge is -2.59. The van der Waals surface area contributed by atoms with Gasteiger partial charge in [0.25, 0.3) is 0 Å². The van der Waals surface area contributed by atoms with E-state index in [2.05, 4.69) is 32.8 Å². The van der Waals surface area contributed by atoms with Crippen LogP contribution in [-0.2, 0) is 23.8 Å². The van der Waals surface area contributed by atoms with E-state index in [0.717, 1.165) is 17.9 Å². The molecule has 1 aromatic rings. The molecule has 0 bridgehead atoms. The SMILES string of the molecule is CC(ON1C(C)(C)CC2(CC1(C)C)OCC(C)(C(=O)O)CO2)c1ccc(OCC2CO2)cc1. The molecule has 33 heavy (non-hydrogen) atoms. The molecule has 1 spiro atoms. The van der Waals surface area contributed by atoms with Gasteiger partial charge in [0.2, 0.25) is 0 Å². The zero-order valence-corrected chi connectivity index (χ0v) is 20.6. The van der Waals surface area contributed by atoms with Gasteiger partial charge in [0.05, 0.1) is 19.8 Å². The van der Waals surface area contributed by atoms with Crippen LogP contribution in [0.1, 0.15) is 66.1 Å². The fraction of sp³-hybridized carbons (Fsp3) is 0.720. The third-order valence-corrected chi connectivity index (χ3v) is 6.78. The van der Waals surface area contributed by atoms with E-state index >= 15 is 0 Å². The Kier molecular flexibility index (Phi) is 6.29. The number of hydroxylamine groups is 2. The van der Waals surface area contributed by atoms with Crippen LogP contribution in [0.25, 0.3) is 0 Å². The van der Waals surface area contributed by atoms with E-state index in [9.17, 15) is 9.90 Å². The third kappa shape index (κ3) is 5.20. The van der Waals surface area contributed by atoms with Crippen molar-refractivity contribution in [1.82, 2.24) is 5.06 Å². The molecule has 0 aromatic heterocycles. The minimum Gasteiger partial charge on any atom is -0.491 e. The minimum absolute atomic E-state index is 0.132. The molecule has 2 unspecified atom stereocenters. The Morgan fingerprint density at radius 1 is 1.09 bits per heavy atom. The van der Waals surface area contributed by atoms with Gasteiger partial charge in [-0.05, 0) is 59.2 Å². The summed E-state index contributed by atoms with van der Waals surface area (Å²) >= 11 is 0. The van der Waals surface area contributed by atoms with E-state index in [1.165, 1.54) is 0 Å². The summed E-state index contributed by atoms with van der Waals surface area (Å²) in [5.74, 6) is -0.903. The molecule has 3 aliphatic rings. The molecule has 3 aliphatic heterocycles. The molecule has 1 aromatic carbocycles. The Hall–Kier alpha value is -1.71. The van der Waals surface area contributed by atoms with Crippen LogP contribution in [0, 0.1) is 5.41 Å². The van der Waals surface area contributed by atoms with Gasteiger partial charge in [0, 0.05) is 23.9 Å². The van der Waals surface area contributed by atoms with Gasteiger partial charge in [-0.1, -0.05) is 12.1 Å². The number of epoxide rings is 1. The lowest BCUT2D eigenvalue weighted by atomic mass is 9.77. The Bertz CT molecular complexity index is 834. The molecule has 1 N–H and O–H groups in total. The highest BCUT2D eigenvalue weighted by Gasteiger charge is 2.58. The average Bonchev–Trinajstić information content (AvgIpc) is 3.56. The monoisotopic (exact) mass is 463 g/mol. The number of hydrogen-bond donors (Lipinski definition) is 1. The number of hydrogen-bond acceptors (Lipinski definition) is 7. The number of carboxylic acids is 1. The van der Waals surface area contributed by atoms with Crippen molar-refractivity contribution in [1.29, 1.82) is 0 Å². The lowest BCUT2D eigenvalue weighted by molar-refractivity contribution is -0.386. The summed E-state index contributed by atoms with van der Waals surface area (Å²) in [5, 5.41) is 11.6. The highest BCUT2D eigenvalue weighted by atomic mass is 16.7. The summed E-state index contributed by atoms with van der Waals surface area (Å²) < 4.78 is 23.2. The van der Waals surface area contributed by atoms with Gasteiger partial charge in [-0.3, -0.25) is 9.63 Å². The molecule has 8 heteroatoms. The van der Waals surface area contributed by atoms with E-state index in [0.29, 0.717) is 19.4 Å². The van der Waals surface area contributed by atoms with Crippen LogP contribution in [0.2, 0.25) is 0 Å². The smallest absolute Gasteiger partial charge is 0.314 e. The lowest BCUT2D eigenvalue weighted by Crippen LogP contribution is -2.68. The number of nitrogens with zero attached hydrogens (tertiary/aromatic N) is 1. The zero-order chi connectivity index (χ0) is 24.1. The molecule has 8 nitrogen and oxygen atoms in total. The fourth-order valence-corrected chi connectivity index (χ4v) is 5.03. The van der Waals surface area contributed by atoms with Crippen LogP contribution >= 0.6 is 0 Å². The number of benzene rings is 1. The number of ether oxygens (including phenoxy) is 4. The summed E-state index contributed by atoms with van der Waals surface area (Å²) in [6.45, 7) is 13.8. The van der Waals surface area contributed by atoms with Crippen LogP contribution in [0.5, 0.6) is 5.75 Å². The maximum Gasteiger partial charge on any atom is 0.314 e. The highest BCUT2D eigenvalue weighted by Crippen LogP contribution is 2.49. The van der Waals surface area contributed by atoms with Crippen molar-refractivity contribution < 1.29 is 33.7 Å². The van der Waals surface area contributed by atoms with E-state index in [4.69, 9.17) is 23.8 Å². The summed E-state index contributed by atoms with van der Waals surface area (Å²) in [7, 11) is 0. The molecule has 4 rings (SSSR count). The van der Waals surface area contributed by atoms with Gasteiger partial charge in [0.15, 0.2) is 5.79 Å². The fourth-order valence-electron chi connectivity index (χ4n) is 5.03. The average molecular weight is 464 g/mol. The maximum atomic E-state index is 11.6. The number of aliphatic carboxylic acids is 1. The van der Waals surface area contributed by atoms with Gasteiger partial charge >= 0.3 is 5.97 Å². The van der Waals surface area contributed by atoms with Crippen LogP contribution < -0.4 is 4.74 Å². The summed E-state index contributed by atoms with van der Waals surface area (Å²) in [5.41, 5.74) is -0.775. The topological polar surface area (TPSA) is 90.0 Å². The molecule has 0 aliphatic carbocycles. The molecular formula is C25H37NO7. The quantitative estimate of drug-likeness (QED) is 0.608. The molecule has 0 saturated carbocycles. The van der Waals surface area contributed by atoms with E-state index in [1.54, 1.807) is 6.92 Å². The first-order chi connectivity index (χ1) is 15.3. The van der Waals surface area contributed by atoms with E-state index in [-0.39, 0.29) is 25.4 Å². The van der Waals surface area contributed by atoms with Crippen molar-refractivity contribution in [3.8, 4) is 5.75 Å². The van der Waals surface area contributed by atoms with Crippen LogP contribution in [0.4, 0.5) is 0 Å². The Morgan fingerprint density at radius 3 is 2.12 bits per heavy atom. The second-order valence-corrected chi connectivity index (χ2v) is 11.2. The summed E-state index contributed by atoms with van der Waals surface area (Å²) in [6, 6.07) is 7.98. The largest absolute Gasteiger partial charge is 0.491 e. The van der Waals surface area contributed by atoms with Crippen LogP contribution in [0.3, 0.4) is 0 Å². The predicted molar refractivity (Wildman–Crippen MR) is 121 cm³/mol. The molecule has 0 radical (unpaired) electrons. The number of piperidine rings is 1. The first kappa shape index (κ1) is 24.4. The second kappa shape index (κ2) is 8.50. The molecule has 2 atom stereocenters. The highest BCUT2D eigenvalue weighted by molar-refractivity contribution is 5.74. The van der Waals surface area contributed by atoms with Gasteiger partial charge < -0.3 is 24.1 Å². The van der Waals surface area contributed by atoms with Crippen molar-refractivity contribution in [3.05, 3.63) is 29.8 Å². The van der Waals surface area contributed by atoms with Gasteiger partial charge in [0.1, 0.15) is 30.0 Å². The number of rotatable bonds is 7. The Balaban J connectivity index is 1.42. The number of carboxylic acid groups (broad SMARTS) is 1. The number of carbonyl (C=O) groups is 1. The minimum atomic E-state index is -1.02. The second-order valence-electron chi connectivity index (χ2n) is 11.2. The molecule has 3 fully saturated rings. The Morgan fingerprint density at radius 2 is 1.64 bits per heavy atom. The van der Waals surface area contributed by atoms with Crippen molar-refractivity contribution in [2.75, 3.05) is 26.4 Å². The van der Waals surface area contributed by atoms with Crippen molar-refractivity contribution in [2.45, 2.75) is 83.5 Å². The van der Waals surface area contributed by atoms with E-state index in [1.807, 2.05) is 31.2 Å². The molecule has 3 saturated heterocycles. The van der Waals surface area contributed by atoms with Gasteiger partial charge in [-0.2, -0.15) is 5.06 Å². The van der Waals surface area contributed by atoms with Crippen molar-refractivity contribution >= 4 is 5.97 Å². The molecule has 3 heterocycles. The van der Waals surface area contributed by atoms with Crippen molar-refractivity contribution in [3.63, 3.8) is 0 Å². The molecular weight excluding hydrogens is 426 g/mol. The van der Waals surface area contributed by atoms with E-state index < -0.39 is 28.2 Å². The molecule has 0 amide bonds. The summed E-state index contributed by atoms with van der Waals surface area (Å²) in [6.07, 6.45) is 1.21. The van der Waals surface area contributed by atoms with Crippen LogP contribution in [0.15, 0.2) is 24.3 Å². The molecule has 184 valence electrons. The van der Waals surface area contributed by atoms with Gasteiger partial charge in [-0.15, -0.1) is 0 Å². The maximum absolute atomic E-state index is 11.6. The Labute approximate surface area is 196 Å². The first-order valence-electron chi connectivity index (χ1n) is 11.7. The normalized spacial score (nSPS) is 28.2. The summed E-state index contributed by atoms with van der Waals surface area (Å²) in [4.78, 5) is 18.1. The van der Waals surface area contributed by atoms with Gasteiger partial charge in [-0.25, -0.2) is 0 Å².